The molecule has 1 heterocycles. The molecule has 2 aromatic rings. The summed E-state index contributed by atoms with van der Waals surface area (Å²) in [4.78, 5) is 4.27. The number of nitrogens with zero attached hydrogens (tertiary/aromatic N) is 2. The summed E-state index contributed by atoms with van der Waals surface area (Å²) in [5.74, 6) is 1.36. The molecule has 90 valence electrons. The van der Waals surface area contributed by atoms with Crippen LogP contribution in [0, 0.1) is 6.92 Å². The van der Waals surface area contributed by atoms with E-state index in [0.717, 1.165) is 15.7 Å². The van der Waals surface area contributed by atoms with E-state index < -0.39 is 5.60 Å². The van der Waals surface area contributed by atoms with Gasteiger partial charge in [-0.15, -0.1) is 0 Å². The van der Waals surface area contributed by atoms with Crippen molar-refractivity contribution in [3.63, 3.8) is 0 Å². The second kappa shape index (κ2) is 5.16. The van der Waals surface area contributed by atoms with Gasteiger partial charge in [0.25, 0.3) is 0 Å². The van der Waals surface area contributed by atoms with Gasteiger partial charge >= 0.3 is 0 Å². The molecule has 1 atom stereocenters. The van der Waals surface area contributed by atoms with Gasteiger partial charge in [-0.3, -0.25) is 0 Å². The predicted molar refractivity (Wildman–Crippen MR) is 71.4 cm³/mol. The van der Waals surface area contributed by atoms with Crippen molar-refractivity contribution >= 4 is 23.3 Å². The highest BCUT2D eigenvalue weighted by Gasteiger charge is 2.23. The van der Waals surface area contributed by atoms with Crippen molar-refractivity contribution in [3.8, 4) is 0 Å². The largest absolute Gasteiger partial charge is 0.385 e. The van der Waals surface area contributed by atoms with Gasteiger partial charge in [0.1, 0.15) is 5.82 Å². The molecule has 1 N–H and O–H groups in total. The smallest absolute Gasteiger partial charge is 0.170 e. The van der Waals surface area contributed by atoms with Crippen molar-refractivity contribution in [2.24, 2.45) is 0 Å². The Kier molecular flexibility index (Phi) is 3.81. The molecule has 0 aliphatic heterocycles. The van der Waals surface area contributed by atoms with E-state index in [2.05, 4.69) is 9.36 Å². The van der Waals surface area contributed by atoms with Crippen molar-refractivity contribution in [1.82, 2.24) is 9.36 Å². The Balaban J connectivity index is 2.03. The summed E-state index contributed by atoms with van der Waals surface area (Å²) in [5.41, 5.74) is 0.0830. The topological polar surface area (TPSA) is 46.0 Å². The third kappa shape index (κ3) is 3.28. The third-order valence-electron chi connectivity index (χ3n) is 2.38. The van der Waals surface area contributed by atoms with Crippen LogP contribution in [0.25, 0.3) is 0 Å². The second-order valence-electron chi connectivity index (χ2n) is 4.04. The monoisotopic (exact) mass is 266 g/mol. The molecule has 1 aromatic carbocycles. The first kappa shape index (κ1) is 12.5. The van der Waals surface area contributed by atoms with Gasteiger partial charge in [0.2, 0.25) is 0 Å². The lowest BCUT2D eigenvalue weighted by atomic mass is 9.99. The standard InChI is InChI=1S/C12H14N2OS2/c1-9-13-11(17-14-9)16-8-12(2,15)10-6-4-3-5-7-10/h3-7,15H,8H2,1-2H3. The lowest BCUT2D eigenvalue weighted by Gasteiger charge is -2.22. The minimum absolute atomic E-state index is 0.575. The molecular formula is C12H14N2OS2. The number of rotatable bonds is 4. The Hall–Kier alpha value is -0.910. The molecule has 0 saturated heterocycles. The Bertz CT molecular complexity index is 482. The Labute approximate surface area is 109 Å². The molecule has 2 rings (SSSR count). The molecular weight excluding hydrogens is 252 g/mol. The van der Waals surface area contributed by atoms with E-state index >= 15 is 0 Å². The Morgan fingerprint density at radius 2 is 2.06 bits per heavy atom. The summed E-state index contributed by atoms with van der Waals surface area (Å²) in [5, 5.41) is 10.4. The van der Waals surface area contributed by atoms with E-state index in [1.165, 1.54) is 23.3 Å². The third-order valence-corrected chi connectivity index (χ3v) is 4.61. The van der Waals surface area contributed by atoms with E-state index in [-0.39, 0.29) is 0 Å². The normalized spacial score (nSPS) is 14.5. The zero-order valence-corrected chi connectivity index (χ0v) is 11.4. The lowest BCUT2D eigenvalue weighted by Crippen LogP contribution is -2.24. The van der Waals surface area contributed by atoms with Gasteiger partial charge in [-0.2, -0.15) is 4.37 Å². The first-order valence-corrected chi connectivity index (χ1v) is 7.05. The Morgan fingerprint density at radius 3 is 2.65 bits per heavy atom. The number of hydrogen-bond donors (Lipinski definition) is 1. The highest BCUT2D eigenvalue weighted by atomic mass is 32.2. The van der Waals surface area contributed by atoms with Crippen LogP contribution in [0.1, 0.15) is 18.3 Å². The maximum absolute atomic E-state index is 10.4. The number of thioether (sulfide) groups is 1. The first-order valence-electron chi connectivity index (χ1n) is 5.29. The molecule has 1 aromatic heterocycles. The SMILES string of the molecule is Cc1nsc(SCC(C)(O)c2ccccc2)n1. The van der Waals surface area contributed by atoms with Crippen molar-refractivity contribution < 1.29 is 5.11 Å². The number of hydrogen-bond acceptors (Lipinski definition) is 5. The highest BCUT2D eigenvalue weighted by Crippen LogP contribution is 2.29. The van der Waals surface area contributed by atoms with Crippen molar-refractivity contribution in [3.05, 3.63) is 41.7 Å². The fraction of sp³-hybridized carbons (Fsp3) is 0.333. The van der Waals surface area contributed by atoms with E-state index in [4.69, 9.17) is 0 Å². The molecule has 5 heteroatoms. The van der Waals surface area contributed by atoms with Gasteiger partial charge in [0.05, 0.1) is 5.60 Å². The van der Waals surface area contributed by atoms with E-state index in [1.807, 2.05) is 44.2 Å². The summed E-state index contributed by atoms with van der Waals surface area (Å²) in [6.45, 7) is 3.69. The van der Waals surface area contributed by atoms with Crippen molar-refractivity contribution in [2.75, 3.05) is 5.75 Å². The van der Waals surface area contributed by atoms with Gasteiger partial charge in [-0.05, 0) is 30.9 Å². The molecule has 0 aliphatic carbocycles. The summed E-state index contributed by atoms with van der Waals surface area (Å²) >= 11 is 2.91. The van der Waals surface area contributed by atoms with Crippen molar-refractivity contribution in [1.29, 1.82) is 0 Å². The minimum atomic E-state index is -0.842. The number of benzene rings is 1. The van der Waals surface area contributed by atoms with Crippen LogP contribution in [-0.4, -0.2) is 20.2 Å². The highest BCUT2D eigenvalue weighted by molar-refractivity contribution is 8.00. The van der Waals surface area contributed by atoms with Crippen LogP contribution in [0.3, 0.4) is 0 Å². The van der Waals surface area contributed by atoms with Crippen LogP contribution in [0.15, 0.2) is 34.7 Å². The molecule has 17 heavy (non-hydrogen) atoms. The Morgan fingerprint density at radius 1 is 1.35 bits per heavy atom. The molecule has 0 spiro atoms. The average Bonchev–Trinajstić information content (AvgIpc) is 2.74. The first-order chi connectivity index (χ1) is 8.08. The summed E-state index contributed by atoms with van der Waals surface area (Å²) in [6.07, 6.45) is 0. The molecule has 1 unspecified atom stereocenters. The predicted octanol–water partition coefficient (Wildman–Crippen LogP) is 2.85. The van der Waals surface area contributed by atoms with Gasteiger partial charge in [0, 0.05) is 5.75 Å². The van der Waals surface area contributed by atoms with Crippen LogP contribution in [0.4, 0.5) is 0 Å². The molecule has 3 nitrogen and oxygen atoms in total. The maximum Gasteiger partial charge on any atom is 0.170 e. The number of aliphatic hydroxyl groups is 1. The quantitative estimate of drug-likeness (QED) is 0.864. The van der Waals surface area contributed by atoms with Crippen LogP contribution >= 0.6 is 23.3 Å². The average molecular weight is 266 g/mol. The van der Waals surface area contributed by atoms with Crippen LogP contribution < -0.4 is 0 Å². The fourth-order valence-electron chi connectivity index (χ4n) is 1.42. The van der Waals surface area contributed by atoms with Gasteiger partial charge in [-0.25, -0.2) is 4.98 Å². The number of aromatic nitrogens is 2. The summed E-state index contributed by atoms with van der Waals surface area (Å²) < 4.78 is 5.02. The van der Waals surface area contributed by atoms with Crippen LogP contribution in [0.2, 0.25) is 0 Å². The summed E-state index contributed by atoms with van der Waals surface area (Å²) in [6, 6.07) is 9.69. The number of aryl methyl sites for hydroxylation is 1. The van der Waals surface area contributed by atoms with Gasteiger partial charge < -0.3 is 5.11 Å². The molecule has 0 saturated carbocycles. The summed E-state index contributed by atoms with van der Waals surface area (Å²) in [7, 11) is 0. The molecule has 0 aliphatic rings. The zero-order valence-electron chi connectivity index (χ0n) is 9.75. The lowest BCUT2D eigenvalue weighted by molar-refractivity contribution is 0.0839. The minimum Gasteiger partial charge on any atom is -0.385 e. The zero-order chi connectivity index (χ0) is 12.3. The second-order valence-corrected chi connectivity index (χ2v) is 6.01. The van der Waals surface area contributed by atoms with Crippen molar-refractivity contribution in [2.45, 2.75) is 23.8 Å². The fourth-order valence-corrected chi connectivity index (χ4v) is 3.11. The van der Waals surface area contributed by atoms with E-state index in [9.17, 15) is 5.11 Å². The van der Waals surface area contributed by atoms with Gasteiger partial charge in [0.15, 0.2) is 4.34 Å². The van der Waals surface area contributed by atoms with Crippen LogP contribution in [0.5, 0.6) is 0 Å². The van der Waals surface area contributed by atoms with Gasteiger partial charge in [-0.1, -0.05) is 42.1 Å². The van der Waals surface area contributed by atoms with Crippen LogP contribution in [-0.2, 0) is 5.60 Å². The van der Waals surface area contributed by atoms with E-state index in [0.29, 0.717) is 5.75 Å². The molecule has 0 amide bonds. The molecule has 0 bridgehead atoms. The maximum atomic E-state index is 10.4. The van der Waals surface area contributed by atoms with E-state index in [1.54, 1.807) is 0 Å². The molecule has 0 fully saturated rings. The molecule has 0 radical (unpaired) electrons.